The second-order valence-electron chi connectivity index (χ2n) is 5.75. The Kier molecular flexibility index (Phi) is 3.46. The SMILES string of the molecule is O=C(O)c1c2c(nc3ccccc13)N=CN(Cc1ccccc1)C2. The van der Waals surface area contributed by atoms with E-state index in [-0.39, 0.29) is 0 Å². The van der Waals surface area contributed by atoms with Gasteiger partial charge in [0.05, 0.1) is 17.4 Å². The van der Waals surface area contributed by atoms with Crippen molar-refractivity contribution in [2.45, 2.75) is 13.1 Å². The predicted octanol–water partition coefficient (Wildman–Crippen LogP) is 3.61. The molecule has 0 amide bonds. The minimum Gasteiger partial charge on any atom is -0.478 e. The van der Waals surface area contributed by atoms with Crippen molar-refractivity contribution in [3.05, 3.63) is 71.3 Å². The van der Waals surface area contributed by atoms with Gasteiger partial charge >= 0.3 is 5.97 Å². The lowest BCUT2D eigenvalue weighted by molar-refractivity contribution is 0.0697. The molecule has 2 heterocycles. The zero-order valence-corrected chi connectivity index (χ0v) is 12.9. The molecule has 5 nitrogen and oxygen atoms in total. The number of aromatic nitrogens is 1. The van der Waals surface area contributed by atoms with Crippen LogP contribution < -0.4 is 0 Å². The Morgan fingerprint density at radius 2 is 1.83 bits per heavy atom. The number of aliphatic imine (C=N–C) groups is 1. The number of carboxylic acids is 1. The number of pyridine rings is 1. The number of benzene rings is 2. The Morgan fingerprint density at radius 3 is 2.62 bits per heavy atom. The Labute approximate surface area is 138 Å². The van der Waals surface area contributed by atoms with Gasteiger partial charge in [-0.25, -0.2) is 14.8 Å². The Hall–Kier alpha value is -3.21. The third kappa shape index (κ3) is 2.50. The van der Waals surface area contributed by atoms with Crippen LogP contribution in [0.2, 0.25) is 0 Å². The number of carboxylic acid groups (broad SMARTS) is 1. The topological polar surface area (TPSA) is 65.8 Å². The quantitative estimate of drug-likeness (QED) is 0.801. The highest BCUT2D eigenvalue weighted by Gasteiger charge is 2.23. The van der Waals surface area contributed by atoms with Gasteiger partial charge in [0.25, 0.3) is 0 Å². The molecule has 2 aromatic carbocycles. The van der Waals surface area contributed by atoms with Gasteiger partial charge in [0.2, 0.25) is 0 Å². The summed E-state index contributed by atoms with van der Waals surface area (Å²) in [6.45, 7) is 1.16. The van der Waals surface area contributed by atoms with E-state index in [2.05, 4.69) is 9.98 Å². The van der Waals surface area contributed by atoms with Gasteiger partial charge < -0.3 is 10.0 Å². The van der Waals surface area contributed by atoms with E-state index in [9.17, 15) is 9.90 Å². The standard InChI is InChI=1S/C19H15N3O2/c23-19(24)17-14-8-4-5-9-16(14)21-18-15(17)11-22(12-20-18)10-13-6-2-1-3-7-13/h1-9,12H,10-11H2,(H,23,24). The van der Waals surface area contributed by atoms with Crippen LogP contribution in [-0.4, -0.2) is 27.3 Å². The summed E-state index contributed by atoms with van der Waals surface area (Å²) in [6.07, 6.45) is 1.74. The Morgan fingerprint density at radius 1 is 1.08 bits per heavy atom. The molecule has 0 bridgehead atoms. The van der Waals surface area contributed by atoms with Crippen molar-refractivity contribution in [3.63, 3.8) is 0 Å². The van der Waals surface area contributed by atoms with E-state index >= 15 is 0 Å². The molecule has 0 spiro atoms. The van der Waals surface area contributed by atoms with Crippen molar-refractivity contribution in [2.75, 3.05) is 0 Å². The first-order chi connectivity index (χ1) is 11.7. The fraction of sp³-hybridized carbons (Fsp3) is 0.105. The van der Waals surface area contributed by atoms with Crippen molar-refractivity contribution in [3.8, 4) is 0 Å². The number of nitrogens with zero attached hydrogens (tertiary/aromatic N) is 3. The highest BCUT2D eigenvalue weighted by atomic mass is 16.4. The van der Waals surface area contributed by atoms with E-state index in [0.29, 0.717) is 40.9 Å². The summed E-state index contributed by atoms with van der Waals surface area (Å²) in [5.41, 5.74) is 2.77. The largest absolute Gasteiger partial charge is 0.478 e. The van der Waals surface area contributed by atoms with Gasteiger partial charge in [-0.3, -0.25) is 0 Å². The molecular formula is C19H15N3O2. The molecule has 1 aliphatic heterocycles. The van der Waals surface area contributed by atoms with Gasteiger partial charge in [0, 0.05) is 24.0 Å². The first kappa shape index (κ1) is 14.4. The van der Waals surface area contributed by atoms with Crippen molar-refractivity contribution in [1.29, 1.82) is 0 Å². The number of aromatic carboxylic acids is 1. The molecule has 0 saturated heterocycles. The fourth-order valence-electron chi connectivity index (χ4n) is 3.03. The molecule has 1 aliphatic rings. The van der Waals surface area contributed by atoms with Crippen LogP contribution in [0.5, 0.6) is 0 Å². The highest BCUT2D eigenvalue weighted by molar-refractivity contribution is 6.05. The van der Waals surface area contributed by atoms with Crippen LogP contribution >= 0.6 is 0 Å². The van der Waals surface area contributed by atoms with Gasteiger partial charge in [0.15, 0.2) is 5.82 Å². The van der Waals surface area contributed by atoms with Crippen LogP contribution in [-0.2, 0) is 13.1 Å². The van der Waals surface area contributed by atoms with E-state index < -0.39 is 5.97 Å². The lowest BCUT2D eigenvalue weighted by atomic mass is 10.0. The third-order valence-electron chi connectivity index (χ3n) is 4.12. The van der Waals surface area contributed by atoms with E-state index in [1.165, 1.54) is 0 Å². The van der Waals surface area contributed by atoms with Crippen molar-refractivity contribution in [2.24, 2.45) is 4.99 Å². The van der Waals surface area contributed by atoms with Crippen LogP contribution in [0.25, 0.3) is 10.9 Å². The van der Waals surface area contributed by atoms with Crippen LogP contribution in [0.1, 0.15) is 21.5 Å². The molecule has 118 valence electrons. The number of rotatable bonds is 3. The molecular weight excluding hydrogens is 302 g/mol. The normalized spacial score (nSPS) is 13.1. The van der Waals surface area contributed by atoms with Crippen LogP contribution in [0.4, 0.5) is 5.82 Å². The van der Waals surface area contributed by atoms with E-state index in [1.54, 1.807) is 12.4 Å². The van der Waals surface area contributed by atoms with Gasteiger partial charge in [-0.2, -0.15) is 0 Å². The zero-order valence-electron chi connectivity index (χ0n) is 12.9. The second kappa shape index (κ2) is 5.77. The smallest absolute Gasteiger partial charge is 0.336 e. The first-order valence-electron chi connectivity index (χ1n) is 7.69. The maximum absolute atomic E-state index is 11.9. The zero-order chi connectivity index (χ0) is 16.5. The molecule has 1 N–H and O–H groups in total. The summed E-state index contributed by atoms with van der Waals surface area (Å²) >= 11 is 0. The molecule has 0 radical (unpaired) electrons. The number of fused-ring (bicyclic) bond motifs is 2. The van der Waals surface area contributed by atoms with Crippen LogP contribution in [0.15, 0.2) is 59.6 Å². The van der Waals surface area contributed by atoms with Crippen molar-refractivity contribution < 1.29 is 9.90 Å². The molecule has 0 unspecified atom stereocenters. The first-order valence-corrected chi connectivity index (χ1v) is 7.69. The van der Waals surface area contributed by atoms with E-state index in [1.807, 2.05) is 53.4 Å². The molecule has 0 aliphatic carbocycles. The van der Waals surface area contributed by atoms with Gasteiger partial charge in [-0.1, -0.05) is 48.5 Å². The summed E-state index contributed by atoms with van der Waals surface area (Å²) in [5.74, 6) is -0.447. The van der Waals surface area contributed by atoms with Gasteiger partial charge in [-0.15, -0.1) is 0 Å². The maximum Gasteiger partial charge on any atom is 0.336 e. The molecule has 0 fully saturated rings. The molecule has 3 aromatic rings. The molecule has 0 atom stereocenters. The fourth-order valence-corrected chi connectivity index (χ4v) is 3.03. The van der Waals surface area contributed by atoms with E-state index in [4.69, 9.17) is 0 Å². The average Bonchev–Trinajstić information content (AvgIpc) is 2.60. The molecule has 5 heteroatoms. The summed E-state index contributed by atoms with van der Waals surface area (Å²) in [5, 5.41) is 10.4. The van der Waals surface area contributed by atoms with Crippen LogP contribution in [0, 0.1) is 0 Å². The minimum absolute atomic E-state index is 0.297. The monoisotopic (exact) mass is 317 g/mol. The lowest BCUT2D eigenvalue weighted by Gasteiger charge is -2.25. The highest BCUT2D eigenvalue weighted by Crippen LogP contribution is 2.31. The predicted molar refractivity (Wildman–Crippen MR) is 92.5 cm³/mol. The number of para-hydroxylation sites is 1. The Bertz CT molecular complexity index is 951. The second-order valence-corrected chi connectivity index (χ2v) is 5.75. The summed E-state index contributed by atoms with van der Waals surface area (Å²) in [6, 6.07) is 17.3. The summed E-state index contributed by atoms with van der Waals surface area (Å²) < 4.78 is 0. The van der Waals surface area contributed by atoms with Crippen LogP contribution in [0.3, 0.4) is 0 Å². The van der Waals surface area contributed by atoms with Crippen molar-refractivity contribution >= 4 is 29.0 Å². The van der Waals surface area contributed by atoms with E-state index in [0.717, 1.165) is 5.56 Å². The lowest BCUT2D eigenvalue weighted by Crippen LogP contribution is -2.25. The van der Waals surface area contributed by atoms with Gasteiger partial charge in [0.1, 0.15) is 0 Å². The molecule has 24 heavy (non-hydrogen) atoms. The third-order valence-corrected chi connectivity index (χ3v) is 4.12. The average molecular weight is 317 g/mol. The molecule has 4 rings (SSSR count). The number of carbonyl (C=O) groups is 1. The maximum atomic E-state index is 11.9. The number of hydrogen-bond acceptors (Lipinski definition) is 4. The molecule has 0 saturated carbocycles. The summed E-state index contributed by atoms with van der Waals surface area (Å²) in [7, 11) is 0. The summed E-state index contributed by atoms with van der Waals surface area (Å²) in [4.78, 5) is 22.8. The van der Waals surface area contributed by atoms with Gasteiger partial charge in [-0.05, 0) is 11.6 Å². The number of hydrogen-bond donors (Lipinski definition) is 1. The minimum atomic E-state index is -0.943. The Balaban J connectivity index is 1.77. The molecule has 1 aromatic heterocycles. The van der Waals surface area contributed by atoms with Crippen molar-refractivity contribution in [1.82, 2.24) is 9.88 Å².